The highest BCUT2D eigenvalue weighted by atomic mass is 19.4. The summed E-state index contributed by atoms with van der Waals surface area (Å²) in [5.74, 6) is -1.75. The molecule has 0 spiro atoms. The Labute approximate surface area is 118 Å². The van der Waals surface area contributed by atoms with Gasteiger partial charge in [-0.05, 0) is 49.3 Å². The summed E-state index contributed by atoms with van der Waals surface area (Å²) >= 11 is 0. The van der Waals surface area contributed by atoms with E-state index in [4.69, 9.17) is 5.73 Å². The Morgan fingerprint density at radius 2 is 1.75 bits per heavy atom. The van der Waals surface area contributed by atoms with Crippen molar-refractivity contribution in [3.05, 3.63) is 34.9 Å². The normalized spacial score (nSPS) is 25.5. The number of hydrogen-bond donors (Lipinski definition) is 1. The van der Waals surface area contributed by atoms with Crippen LogP contribution in [0.5, 0.6) is 0 Å². The second-order valence-corrected chi connectivity index (χ2v) is 5.97. The van der Waals surface area contributed by atoms with Gasteiger partial charge >= 0.3 is 6.18 Å². The van der Waals surface area contributed by atoms with E-state index in [-0.39, 0.29) is 6.42 Å². The molecular formula is C16H22F3N. The largest absolute Gasteiger partial charge is 0.392 e. The van der Waals surface area contributed by atoms with Crippen molar-refractivity contribution in [1.29, 1.82) is 0 Å². The Morgan fingerprint density at radius 1 is 1.10 bits per heavy atom. The molecule has 4 heteroatoms. The first kappa shape index (κ1) is 15.4. The molecule has 1 aromatic carbocycles. The monoisotopic (exact) mass is 285 g/mol. The molecule has 0 bridgehead atoms. The molecule has 0 radical (unpaired) electrons. The van der Waals surface area contributed by atoms with E-state index in [1.165, 1.54) is 0 Å². The minimum atomic E-state index is -4.14. The second-order valence-electron chi connectivity index (χ2n) is 5.97. The lowest BCUT2D eigenvalue weighted by Crippen LogP contribution is -2.38. The lowest BCUT2D eigenvalue weighted by molar-refractivity contribution is -0.198. The molecule has 3 unspecified atom stereocenters. The minimum Gasteiger partial charge on any atom is -0.324 e. The topological polar surface area (TPSA) is 26.0 Å². The van der Waals surface area contributed by atoms with E-state index in [0.29, 0.717) is 12.8 Å². The summed E-state index contributed by atoms with van der Waals surface area (Å²) in [6.07, 6.45) is -1.86. The van der Waals surface area contributed by atoms with Crippen molar-refractivity contribution >= 4 is 0 Å². The maximum atomic E-state index is 13.2. The lowest BCUT2D eigenvalue weighted by atomic mass is 9.73. The Balaban J connectivity index is 2.25. The zero-order valence-corrected chi connectivity index (χ0v) is 12.0. The SMILES string of the molecule is Cc1ccc(C(N)C2CCCCC2C(F)(F)F)cc1C. The molecule has 2 N–H and O–H groups in total. The van der Waals surface area contributed by atoms with E-state index < -0.39 is 24.1 Å². The van der Waals surface area contributed by atoms with Crippen LogP contribution in [0.3, 0.4) is 0 Å². The Hall–Kier alpha value is -1.03. The molecule has 1 aliphatic rings. The average Bonchev–Trinajstić information content (AvgIpc) is 2.40. The van der Waals surface area contributed by atoms with Gasteiger partial charge in [0.2, 0.25) is 0 Å². The van der Waals surface area contributed by atoms with Crippen molar-refractivity contribution < 1.29 is 13.2 Å². The fourth-order valence-corrected chi connectivity index (χ4v) is 3.21. The molecule has 0 heterocycles. The number of halogens is 3. The molecule has 112 valence electrons. The third-order valence-electron chi connectivity index (χ3n) is 4.62. The van der Waals surface area contributed by atoms with Gasteiger partial charge in [0, 0.05) is 6.04 Å². The van der Waals surface area contributed by atoms with Crippen molar-refractivity contribution in [2.45, 2.75) is 51.7 Å². The summed E-state index contributed by atoms with van der Waals surface area (Å²) in [6, 6.07) is 5.22. The second kappa shape index (κ2) is 5.76. The Kier molecular flexibility index (Phi) is 4.43. The summed E-state index contributed by atoms with van der Waals surface area (Å²) in [5, 5.41) is 0. The maximum absolute atomic E-state index is 13.2. The van der Waals surface area contributed by atoms with E-state index in [2.05, 4.69) is 0 Å². The number of hydrogen-bond acceptors (Lipinski definition) is 1. The molecule has 1 fully saturated rings. The van der Waals surface area contributed by atoms with Gasteiger partial charge in [-0.15, -0.1) is 0 Å². The van der Waals surface area contributed by atoms with E-state index in [1.807, 2.05) is 32.0 Å². The molecule has 0 aliphatic heterocycles. The summed E-state index contributed by atoms with van der Waals surface area (Å²) < 4.78 is 39.5. The van der Waals surface area contributed by atoms with Crippen molar-refractivity contribution in [1.82, 2.24) is 0 Å². The highest BCUT2D eigenvalue weighted by molar-refractivity contribution is 5.32. The van der Waals surface area contributed by atoms with Crippen molar-refractivity contribution in [3.8, 4) is 0 Å². The summed E-state index contributed by atoms with van der Waals surface area (Å²) in [6.45, 7) is 3.96. The zero-order valence-electron chi connectivity index (χ0n) is 12.0. The first-order valence-corrected chi connectivity index (χ1v) is 7.20. The van der Waals surface area contributed by atoms with Gasteiger partial charge in [-0.3, -0.25) is 0 Å². The molecular weight excluding hydrogens is 263 g/mol. The van der Waals surface area contributed by atoms with Crippen LogP contribution in [-0.4, -0.2) is 6.18 Å². The first-order chi connectivity index (χ1) is 9.30. The molecule has 1 saturated carbocycles. The van der Waals surface area contributed by atoms with Gasteiger partial charge in [0.05, 0.1) is 5.92 Å². The summed E-state index contributed by atoms with van der Waals surface area (Å²) in [5.41, 5.74) is 9.22. The van der Waals surface area contributed by atoms with E-state index in [1.54, 1.807) is 0 Å². The van der Waals surface area contributed by atoms with Crippen LogP contribution < -0.4 is 5.73 Å². The van der Waals surface area contributed by atoms with E-state index >= 15 is 0 Å². The lowest BCUT2D eigenvalue weighted by Gasteiger charge is -2.36. The first-order valence-electron chi connectivity index (χ1n) is 7.20. The van der Waals surface area contributed by atoms with Gasteiger partial charge in [0.1, 0.15) is 0 Å². The summed E-state index contributed by atoms with van der Waals surface area (Å²) in [7, 11) is 0. The number of benzene rings is 1. The van der Waals surface area contributed by atoms with Crippen LogP contribution in [0, 0.1) is 25.7 Å². The van der Waals surface area contributed by atoms with Crippen LogP contribution in [0.4, 0.5) is 13.2 Å². The smallest absolute Gasteiger partial charge is 0.324 e. The van der Waals surface area contributed by atoms with Crippen LogP contribution >= 0.6 is 0 Å². The molecule has 3 atom stereocenters. The predicted octanol–water partition coefficient (Wildman–Crippen LogP) is 4.67. The van der Waals surface area contributed by atoms with Gasteiger partial charge in [0.15, 0.2) is 0 Å². The maximum Gasteiger partial charge on any atom is 0.392 e. The predicted molar refractivity (Wildman–Crippen MR) is 74.3 cm³/mol. The van der Waals surface area contributed by atoms with Crippen LogP contribution in [0.15, 0.2) is 18.2 Å². The molecule has 0 aromatic heterocycles. The minimum absolute atomic E-state index is 0.215. The number of rotatable bonds is 2. The van der Waals surface area contributed by atoms with Gasteiger partial charge in [0.25, 0.3) is 0 Å². The van der Waals surface area contributed by atoms with E-state index in [9.17, 15) is 13.2 Å². The van der Waals surface area contributed by atoms with E-state index in [0.717, 1.165) is 23.1 Å². The molecule has 20 heavy (non-hydrogen) atoms. The van der Waals surface area contributed by atoms with Crippen molar-refractivity contribution in [2.75, 3.05) is 0 Å². The molecule has 0 saturated heterocycles. The van der Waals surface area contributed by atoms with Crippen LogP contribution in [0.25, 0.3) is 0 Å². The Bertz CT molecular complexity index is 467. The zero-order chi connectivity index (χ0) is 14.9. The molecule has 0 amide bonds. The van der Waals surface area contributed by atoms with Gasteiger partial charge in [-0.2, -0.15) is 13.2 Å². The van der Waals surface area contributed by atoms with Crippen molar-refractivity contribution in [2.24, 2.45) is 17.6 Å². The van der Waals surface area contributed by atoms with Crippen LogP contribution in [0.2, 0.25) is 0 Å². The van der Waals surface area contributed by atoms with Crippen molar-refractivity contribution in [3.63, 3.8) is 0 Å². The number of aryl methyl sites for hydroxylation is 2. The third-order valence-corrected chi connectivity index (χ3v) is 4.62. The standard InChI is InChI=1S/C16H22F3N/c1-10-7-8-12(9-11(10)2)15(20)13-5-3-4-6-14(13)16(17,18)19/h7-9,13-15H,3-6,20H2,1-2H3. The number of alkyl halides is 3. The van der Waals surface area contributed by atoms with Gasteiger partial charge in [-0.1, -0.05) is 31.0 Å². The third kappa shape index (κ3) is 3.17. The average molecular weight is 285 g/mol. The fraction of sp³-hybridized carbons (Fsp3) is 0.625. The quantitative estimate of drug-likeness (QED) is 0.839. The summed E-state index contributed by atoms with van der Waals surface area (Å²) in [4.78, 5) is 0. The van der Waals surface area contributed by atoms with Gasteiger partial charge in [-0.25, -0.2) is 0 Å². The number of nitrogens with two attached hydrogens (primary N) is 1. The molecule has 2 rings (SSSR count). The highest BCUT2D eigenvalue weighted by Gasteiger charge is 2.47. The Morgan fingerprint density at radius 3 is 2.35 bits per heavy atom. The molecule has 1 aliphatic carbocycles. The highest BCUT2D eigenvalue weighted by Crippen LogP contribution is 2.45. The van der Waals surface area contributed by atoms with Gasteiger partial charge < -0.3 is 5.73 Å². The molecule has 1 nitrogen and oxygen atoms in total. The van der Waals surface area contributed by atoms with Crippen LogP contribution in [0.1, 0.15) is 48.4 Å². The molecule has 1 aromatic rings. The fourth-order valence-electron chi connectivity index (χ4n) is 3.21. The van der Waals surface area contributed by atoms with Crippen LogP contribution in [-0.2, 0) is 0 Å².